The van der Waals surface area contributed by atoms with Crippen molar-refractivity contribution in [3.8, 4) is 17.0 Å². The molecule has 2 amide bonds. The molecule has 0 radical (unpaired) electrons. The first-order valence-electron chi connectivity index (χ1n) is 8.64. The Morgan fingerprint density at radius 2 is 1.68 bits per heavy atom. The summed E-state index contributed by atoms with van der Waals surface area (Å²) >= 11 is 0. The van der Waals surface area contributed by atoms with Crippen LogP contribution in [0.4, 0.5) is 5.95 Å². The summed E-state index contributed by atoms with van der Waals surface area (Å²) in [6.07, 6.45) is 3.31. The fraction of sp³-hybridized carbons (Fsp3) is 0.143. The van der Waals surface area contributed by atoms with Gasteiger partial charge in [-0.15, -0.1) is 0 Å². The summed E-state index contributed by atoms with van der Waals surface area (Å²) in [4.78, 5) is 29.5. The third kappa shape index (κ3) is 4.15. The molecule has 7 nitrogen and oxygen atoms in total. The number of ether oxygens (including phenoxy) is 1. The van der Waals surface area contributed by atoms with Crippen LogP contribution in [0.3, 0.4) is 0 Å². The molecule has 0 aliphatic carbocycles. The number of carbonyl (C=O) groups is 2. The molecule has 3 rings (SSSR count). The summed E-state index contributed by atoms with van der Waals surface area (Å²) in [6, 6.07) is 16.8. The van der Waals surface area contributed by atoms with Crippen molar-refractivity contribution >= 4 is 24.0 Å². The molecule has 2 aromatic carbocycles. The zero-order valence-corrected chi connectivity index (χ0v) is 15.9. The Kier molecular flexibility index (Phi) is 5.64. The van der Waals surface area contributed by atoms with E-state index in [9.17, 15) is 9.59 Å². The van der Waals surface area contributed by atoms with Crippen molar-refractivity contribution < 1.29 is 14.3 Å². The molecular weight excluding hydrogens is 356 g/mol. The lowest BCUT2D eigenvalue weighted by molar-refractivity contribution is -0.124. The molecule has 3 aromatic rings. The predicted molar refractivity (Wildman–Crippen MR) is 107 cm³/mol. The predicted octanol–water partition coefficient (Wildman–Crippen LogP) is 3.34. The second kappa shape index (κ2) is 8.30. The van der Waals surface area contributed by atoms with Gasteiger partial charge in [0, 0.05) is 19.4 Å². The fourth-order valence-electron chi connectivity index (χ4n) is 2.67. The minimum Gasteiger partial charge on any atom is -0.497 e. The first-order valence-corrected chi connectivity index (χ1v) is 8.64. The van der Waals surface area contributed by atoms with Crippen LogP contribution < -0.4 is 9.64 Å². The van der Waals surface area contributed by atoms with E-state index in [2.05, 4.69) is 10.1 Å². The molecule has 0 fully saturated rings. The van der Waals surface area contributed by atoms with Crippen LogP contribution in [0.25, 0.3) is 11.3 Å². The highest BCUT2D eigenvalue weighted by Gasteiger charge is 2.23. The van der Waals surface area contributed by atoms with E-state index in [1.165, 1.54) is 18.5 Å². The van der Waals surface area contributed by atoms with Crippen LogP contribution >= 0.6 is 0 Å². The molecule has 0 bridgehead atoms. The molecular formula is C21H20N4O3. The standard InChI is InChI=1S/C21H20N4O3/c1-15(26)25(16(2)27)21-23-20(18-7-5-4-6-8-18)14-24(21)22-13-17-9-11-19(28-3)12-10-17/h4-14H,1-3H3/b22-13+. The number of hydrogen-bond donors (Lipinski definition) is 0. The second-order valence-corrected chi connectivity index (χ2v) is 6.03. The Bertz CT molecular complexity index is 994. The molecule has 0 spiro atoms. The third-order valence-electron chi connectivity index (χ3n) is 4.02. The van der Waals surface area contributed by atoms with Crippen molar-refractivity contribution in [2.75, 3.05) is 12.0 Å². The summed E-state index contributed by atoms with van der Waals surface area (Å²) in [5, 5.41) is 4.41. The van der Waals surface area contributed by atoms with Crippen LogP contribution in [0.15, 0.2) is 65.9 Å². The number of imidazole rings is 1. The maximum atomic E-state index is 12.0. The highest BCUT2D eigenvalue weighted by molar-refractivity contribution is 6.12. The van der Waals surface area contributed by atoms with Gasteiger partial charge in [0.25, 0.3) is 0 Å². The van der Waals surface area contributed by atoms with E-state index in [1.54, 1.807) is 19.5 Å². The molecule has 1 heterocycles. The van der Waals surface area contributed by atoms with Crippen molar-refractivity contribution in [2.24, 2.45) is 5.10 Å². The lowest BCUT2D eigenvalue weighted by atomic mass is 10.2. The number of anilines is 1. The fourth-order valence-corrected chi connectivity index (χ4v) is 2.67. The number of rotatable bonds is 5. The number of aromatic nitrogens is 2. The smallest absolute Gasteiger partial charge is 0.241 e. The molecule has 0 N–H and O–H groups in total. The Labute approximate surface area is 162 Å². The van der Waals surface area contributed by atoms with E-state index in [0.29, 0.717) is 5.69 Å². The zero-order chi connectivity index (χ0) is 20.1. The van der Waals surface area contributed by atoms with E-state index in [-0.39, 0.29) is 5.95 Å². The van der Waals surface area contributed by atoms with Gasteiger partial charge in [-0.25, -0.2) is 14.6 Å². The highest BCUT2D eigenvalue weighted by atomic mass is 16.5. The maximum Gasteiger partial charge on any atom is 0.241 e. The number of benzene rings is 2. The summed E-state index contributed by atoms with van der Waals surface area (Å²) < 4.78 is 6.57. The summed E-state index contributed by atoms with van der Waals surface area (Å²) in [5.41, 5.74) is 2.29. The largest absolute Gasteiger partial charge is 0.497 e. The second-order valence-electron chi connectivity index (χ2n) is 6.03. The molecule has 0 saturated heterocycles. The number of hydrogen-bond acceptors (Lipinski definition) is 5. The molecule has 28 heavy (non-hydrogen) atoms. The first-order chi connectivity index (χ1) is 13.5. The van der Waals surface area contributed by atoms with E-state index in [0.717, 1.165) is 21.8 Å². The molecule has 0 unspecified atom stereocenters. The Morgan fingerprint density at radius 3 is 2.25 bits per heavy atom. The average molecular weight is 376 g/mol. The number of methoxy groups -OCH3 is 1. The Morgan fingerprint density at radius 1 is 1.04 bits per heavy atom. The number of carbonyl (C=O) groups excluding carboxylic acids is 2. The zero-order valence-electron chi connectivity index (χ0n) is 15.9. The molecule has 7 heteroatoms. The summed E-state index contributed by atoms with van der Waals surface area (Å²) in [6.45, 7) is 2.63. The molecule has 0 saturated carbocycles. The number of amides is 2. The van der Waals surface area contributed by atoms with Crippen LogP contribution in [0.5, 0.6) is 5.75 Å². The molecule has 0 aliphatic rings. The topological polar surface area (TPSA) is 76.8 Å². The SMILES string of the molecule is COc1ccc(/C=N/n2cc(-c3ccccc3)nc2N(C(C)=O)C(C)=O)cc1. The van der Waals surface area contributed by atoms with Gasteiger partial charge in [-0.05, 0) is 29.8 Å². The molecule has 0 atom stereocenters. The minimum atomic E-state index is -0.432. The Balaban J connectivity index is 2.04. The van der Waals surface area contributed by atoms with Gasteiger partial charge in [-0.3, -0.25) is 9.59 Å². The quantitative estimate of drug-likeness (QED) is 0.640. The third-order valence-corrected chi connectivity index (χ3v) is 4.02. The van der Waals surface area contributed by atoms with E-state index in [4.69, 9.17) is 4.74 Å². The Hall–Kier alpha value is -3.74. The van der Waals surface area contributed by atoms with E-state index < -0.39 is 11.8 Å². The van der Waals surface area contributed by atoms with Gasteiger partial charge in [-0.1, -0.05) is 30.3 Å². The van der Waals surface area contributed by atoms with Gasteiger partial charge in [0.05, 0.1) is 25.2 Å². The average Bonchev–Trinajstić information content (AvgIpc) is 3.10. The van der Waals surface area contributed by atoms with E-state index >= 15 is 0 Å². The summed E-state index contributed by atoms with van der Waals surface area (Å²) in [5.74, 6) is 0.0204. The van der Waals surface area contributed by atoms with Crippen molar-refractivity contribution in [3.63, 3.8) is 0 Å². The van der Waals surface area contributed by atoms with Crippen LogP contribution in [0, 0.1) is 0 Å². The minimum absolute atomic E-state index is 0.142. The number of nitrogens with zero attached hydrogens (tertiary/aromatic N) is 4. The van der Waals surface area contributed by atoms with Gasteiger partial charge < -0.3 is 4.74 Å². The monoisotopic (exact) mass is 376 g/mol. The van der Waals surface area contributed by atoms with Crippen LogP contribution in [-0.4, -0.2) is 34.8 Å². The maximum absolute atomic E-state index is 12.0. The van der Waals surface area contributed by atoms with Crippen molar-refractivity contribution in [1.29, 1.82) is 0 Å². The van der Waals surface area contributed by atoms with Crippen LogP contribution in [-0.2, 0) is 9.59 Å². The van der Waals surface area contributed by atoms with Gasteiger partial charge >= 0.3 is 0 Å². The lowest BCUT2D eigenvalue weighted by Gasteiger charge is -2.15. The van der Waals surface area contributed by atoms with Gasteiger partial charge in [0.15, 0.2) is 0 Å². The summed E-state index contributed by atoms with van der Waals surface area (Å²) in [7, 11) is 1.60. The highest BCUT2D eigenvalue weighted by Crippen LogP contribution is 2.23. The molecule has 142 valence electrons. The first kappa shape index (κ1) is 19.0. The lowest BCUT2D eigenvalue weighted by Crippen LogP contribution is -2.35. The number of imide groups is 1. The van der Waals surface area contributed by atoms with Crippen LogP contribution in [0.1, 0.15) is 19.4 Å². The normalized spacial score (nSPS) is 10.8. The van der Waals surface area contributed by atoms with Crippen molar-refractivity contribution in [3.05, 3.63) is 66.4 Å². The van der Waals surface area contributed by atoms with Gasteiger partial charge in [-0.2, -0.15) is 5.10 Å². The van der Waals surface area contributed by atoms with Crippen molar-refractivity contribution in [1.82, 2.24) is 9.66 Å². The van der Waals surface area contributed by atoms with E-state index in [1.807, 2.05) is 54.6 Å². The van der Waals surface area contributed by atoms with Crippen LogP contribution in [0.2, 0.25) is 0 Å². The van der Waals surface area contributed by atoms with Gasteiger partial charge in [0.1, 0.15) is 5.75 Å². The van der Waals surface area contributed by atoms with Crippen molar-refractivity contribution in [2.45, 2.75) is 13.8 Å². The molecule has 0 aliphatic heterocycles. The molecule has 1 aromatic heterocycles. The van der Waals surface area contributed by atoms with Gasteiger partial charge in [0.2, 0.25) is 17.8 Å².